The second-order valence-corrected chi connectivity index (χ2v) is 21.7. The Morgan fingerprint density at radius 1 is 0.986 bits per heavy atom. The number of anilines is 1. The van der Waals surface area contributed by atoms with Crippen LogP contribution < -0.4 is 25.0 Å². The highest BCUT2D eigenvalue weighted by molar-refractivity contribution is 7.13. The van der Waals surface area contributed by atoms with Gasteiger partial charge in [0.05, 0.1) is 57.8 Å². The first kappa shape index (κ1) is 49.5. The molecular weight excluding hydrogens is 912 g/mol. The largest absolute Gasteiger partial charge is 0.490 e. The number of hydrogen-bond donors (Lipinski definition) is 3. The monoisotopic (exact) mass is 974 g/mol. The Morgan fingerprint density at radius 3 is 2.30 bits per heavy atom. The van der Waals surface area contributed by atoms with Gasteiger partial charge < -0.3 is 35.0 Å². The molecule has 14 nitrogen and oxygen atoms in total. The van der Waals surface area contributed by atoms with Crippen LogP contribution in [0.15, 0.2) is 84.6 Å². The maximum Gasteiger partial charge on any atom is 0.251 e. The van der Waals surface area contributed by atoms with Crippen molar-refractivity contribution in [3.63, 3.8) is 0 Å². The molecule has 2 aromatic heterocycles. The van der Waals surface area contributed by atoms with Gasteiger partial charge in [0.1, 0.15) is 30.0 Å². The number of nitrogens with one attached hydrogen (secondary N) is 2. The van der Waals surface area contributed by atoms with E-state index in [1.807, 2.05) is 81.7 Å². The van der Waals surface area contributed by atoms with Gasteiger partial charge in [-0.15, -0.1) is 11.3 Å². The van der Waals surface area contributed by atoms with E-state index in [-0.39, 0.29) is 65.6 Å². The smallest absolute Gasteiger partial charge is 0.251 e. The number of aromatic nitrogens is 3. The SMILES string of the molecule is Cc1ncsc1-c1ccc([C@H](C)NC(=O)[C@@H]2C[C@@H](O)CN2C(=O)C(C(C)C)n2cc(OCC3CCN(c4ccc(C(=O)N[C@H]5C(C)(C)[C@H](Oc6ccc(C#N)c(Cl)c6)C5(C)C)cc4)CC3)cn2)cc1. The minimum absolute atomic E-state index is 0.0642. The minimum Gasteiger partial charge on any atom is -0.490 e. The highest BCUT2D eigenvalue weighted by atomic mass is 35.5. The fourth-order valence-electron chi connectivity index (χ4n) is 10.8. The first-order chi connectivity index (χ1) is 32.8. The molecule has 8 rings (SSSR count). The summed E-state index contributed by atoms with van der Waals surface area (Å²) in [7, 11) is 0. The maximum absolute atomic E-state index is 14.3. The topological polar surface area (TPSA) is 175 Å². The summed E-state index contributed by atoms with van der Waals surface area (Å²) in [5.74, 6) is 0.611. The minimum atomic E-state index is -0.818. The van der Waals surface area contributed by atoms with Crippen LogP contribution in [0, 0.1) is 40.9 Å². The van der Waals surface area contributed by atoms with Gasteiger partial charge in [-0.05, 0) is 86.1 Å². The second kappa shape index (κ2) is 20.2. The lowest BCUT2D eigenvalue weighted by atomic mass is 9.49. The van der Waals surface area contributed by atoms with Crippen molar-refractivity contribution < 1.29 is 29.0 Å². The van der Waals surface area contributed by atoms with E-state index < -0.39 is 18.2 Å². The normalized spacial score (nSPS) is 21.8. The van der Waals surface area contributed by atoms with Crippen LogP contribution in [0.2, 0.25) is 5.02 Å². The average molecular weight is 976 g/mol. The van der Waals surface area contributed by atoms with Crippen LogP contribution in [0.4, 0.5) is 5.69 Å². The number of benzene rings is 3. The number of halogens is 1. The summed E-state index contributed by atoms with van der Waals surface area (Å²) in [6.07, 6.45) is 4.37. The van der Waals surface area contributed by atoms with Gasteiger partial charge in [-0.2, -0.15) is 10.4 Å². The van der Waals surface area contributed by atoms with Crippen LogP contribution in [-0.2, 0) is 9.59 Å². The zero-order chi connectivity index (χ0) is 49.4. The summed E-state index contributed by atoms with van der Waals surface area (Å²) in [4.78, 5) is 50.9. The van der Waals surface area contributed by atoms with Gasteiger partial charge in [-0.1, -0.05) is 77.4 Å². The average Bonchev–Trinajstić information content (AvgIpc) is 4.09. The van der Waals surface area contributed by atoms with E-state index in [0.717, 1.165) is 53.3 Å². The molecule has 3 fully saturated rings. The summed E-state index contributed by atoms with van der Waals surface area (Å²) >= 11 is 7.86. The quantitative estimate of drug-likeness (QED) is 0.0920. The van der Waals surface area contributed by atoms with Gasteiger partial charge in [-0.25, -0.2) is 4.98 Å². The number of thiazole rings is 1. The number of likely N-dealkylation sites (tertiary alicyclic amines) is 1. The number of amides is 3. The van der Waals surface area contributed by atoms with Crippen molar-refractivity contribution >= 4 is 46.3 Å². The van der Waals surface area contributed by atoms with E-state index in [1.165, 1.54) is 4.90 Å². The summed E-state index contributed by atoms with van der Waals surface area (Å²) < 4.78 is 14.3. The lowest BCUT2D eigenvalue weighted by Crippen LogP contribution is -2.74. The zero-order valence-electron chi connectivity index (χ0n) is 40.6. The zero-order valence-corrected chi connectivity index (χ0v) is 42.2. The number of aryl methyl sites for hydroxylation is 1. The van der Waals surface area contributed by atoms with E-state index in [4.69, 9.17) is 21.1 Å². The maximum atomic E-state index is 14.3. The molecule has 4 atom stereocenters. The predicted octanol–water partition coefficient (Wildman–Crippen LogP) is 8.78. The highest BCUT2D eigenvalue weighted by Crippen LogP contribution is 2.55. The lowest BCUT2D eigenvalue weighted by molar-refractivity contribution is -0.164. The first-order valence-electron chi connectivity index (χ1n) is 23.8. The Morgan fingerprint density at radius 2 is 1.68 bits per heavy atom. The molecule has 2 aliphatic heterocycles. The Hall–Kier alpha value is -5.95. The molecule has 3 aliphatic rings. The Balaban J connectivity index is 0.804. The van der Waals surface area contributed by atoms with Crippen molar-refractivity contribution in [1.82, 2.24) is 30.3 Å². The number of hydrogen-bond acceptors (Lipinski definition) is 11. The molecule has 3 N–H and O–H groups in total. The van der Waals surface area contributed by atoms with Crippen molar-refractivity contribution in [1.29, 1.82) is 5.26 Å². The summed E-state index contributed by atoms with van der Waals surface area (Å²) in [6.45, 7) is 18.4. The van der Waals surface area contributed by atoms with Crippen molar-refractivity contribution in [2.24, 2.45) is 22.7 Å². The molecule has 3 amide bonds. The van der Waals surface area contributed by atoms with Crippen molar-refractivity contribution in [3.05, 3.63) is 112 Å². The number of rotatable bonds is 15. The number of piperidine rings is 1. The summed E-state index contributed by atoms with van der Waals surface area (Å²) in [5, 5.41) is 31.3. The standard InChI is InChI=1S/C53H63ClN8O6S/c1-31(2)45(49(66)61-27-40(63)23-44(61)48(65)58-32(3)35-9-11-36(12-10-35)46-33(4)56-30-69-46)62-28-42(26-57-62)67-29-34-19-21-60(22-20-34)39-16-13-37(14-17-39)47(64)59-50-52(5,6)51(53(50,7)8)68-41-18-15-38(25-55)43(54)24-41/h9-18,24,26,28,30-32,34,40,44-45,50-51,63H,19-23,27,29H2,1-8H3,(H,58,65)(H,59,64)/t32-,40+,44-,45?,50-,51-/m0/s1. The molecule has 0 spiro atoms. The van der Waals surface area contributed by atoms with Gasteiger partial charge in [0.2, 0.25) is 11.8 Å². The number of aliphatic hydroxyl groups excluding tert-OH is 1. The fraction of sp³-hybridized carbons (Fsp3) is 0.472. The highest BCUT2D eigenvalue weighted by Gasteiger charge is 2.64. The fourth-order valence-corrected chi connectivity index (χ4v) is 11.9. The molecule has 69 heavy (non-hydrogen) atoms. The van der Waals surface area contributed by atoms with Crippen LogP contribution >= 0.6 is 22.9 Å². The predicted molar refractivity (Wildman–Crippen MR) is 267 cm³/mol. The molecule has 1 saturated carbocycles. The molecule has 0 bridgehead atoms. The van der Waals surface area contributed by atoms with Gasteiger partial charge in [0, 0.05) is 60.2 Å². The van der Waals surface area contributed by atoms with Crippen molar-refractivity contribution in [2.75, 3.05) is 31.1 Å². The molecule has 5 aromatic rings. The van der Waals surface area contributed by atoms with Crippen LogP contribution in [0.25, 0.3) is 10.4 Å². The molecule has 3 aromatic carbocycles. The molecule has 0 radical (unpaired) electrons. The van der Waals surface area contributed by atoms with E-state index >= 15 is 0 Å². The molecule has 16 heteroatoms. The van der Waals surface area contributed by atoms with E-state index in [2.05, 4.69) is 59.4 Å². The molecule has 4 heterocycles. The molecule has 1 aliphatic carbocycles. The van der Waals surface area contributed by atoms with Crippen LogP contribution in [0.3, 0.4) is 0 Å². The molecule has 364 valence electrons. The summed E-state index contributed by atoms with van der Waals surface area (Å²) in [5.41, 5.74) is 6.11. The Bertz CT molecular complexity index is 2670. The Kier molecular flexibility index (Phi) is 14.5. The molecule has 2 saturated heterocycles. The van der Waals surface area contributed by atoms with Gasteiger partial charge in [0.25, 0.3) is 5.91 Å². The Labute approximate surface area is 414 Å². The van der Waals surface area contributed by atoms with Crippen molar-refractivity contribution in [3.8, 4) is 28.0 Å². The van der Waals surface area contributed by atoms with E-state index in [9.17, 15) is 24.8 Å². The second-order valence-electron chi connectivity index (χ2n) is 20.4. The van der Waals surface area contributed by atoms with Gasteiger partial charge >= 0.3 is 0 Å². The van der Waals surface area contributed by atoms with Gasteiger partial charge in [0.15, 0.2) is 5.75 Å². The molecule has 1 unspecified atom stereocenters. The number of carbonyl (C=O) groups excluding carboxylic acids is 3. The number of aliphatic hydroxyl groups is 1. The van der Waals surface area contributed by atoms with E-state index in [1.54, 1.807) is 46.6 Å². The van der Waals surface area contributed by atoms with Gasteiger partial charge in [-0.3, -0.25) is 19.1 Å². The van der Waals surface area contributed by atoms with Crippen LogP contribution in [0.5, 0.6) is 11.5 Å². The lowest BCUT2D eigenvalue weighted by Gasteiger charge is -2.63. The summed E-state index contributed by atoms with van der Waals surface area (Å²) in [6, 6.07) is 21.0. The number of β-amino-alcohol motifs (C(OH)–C–C–N with tert-alkyl or cyclic N) is 1. The third-order valence-corrected chi connectivity index (χ3v) is 15.7. The number of ether oxygens (including phenoxy) is 2. The van der Waals surface area contributed by atoms with Crippen LogP contribution in [-0.4, -0.2) is 93.0 Å². The van der Waals surface area contributed by atoms with E-state index in [0.29, 0.717) is 40.2 Å². The number of nitriles is 1. The van der Waals surface area contributed by atoms with Crippen molar-refractivity contribution in [2.45, 2.75) is 111 Å². The first-order valence-corrected chi connectivity index (χ1v) is 25.1. The number of nitrogens with zero attached hydrogens (tertiary/aromatic N) is 6. The number of carbonyl (C=O) groups is 3. The third kappa shape index (κ3) is 10.3. The molecular formula is C53H63ClN8O6S. The third-order valence-electron chi connectivity index (χ3n) is 14.4. The van der Waals surface area contributed by atoms with Crippen LogP contribution in [0.1, 0.15) is 107 Å².